The van der Waals surface area contributed by atoms with E-state index >= 15 is 0 Å². The molecule has 1 nitrogen and oxygen atoms in total. The molecule has 0 aliphatic rings. The van der Waals surface area contributed by atoms with Crippen LogP contribution < -0.4 is 4.74 Å². The van der Waals surface area contributed by atoms with E-state index in [1.165, 1.54) is 36.4 Å². The topological polar surface area (TPSA) is 9.23 Å². The molecule has 0 amide bonds. The summed E-state index contributed by atoms with van der Waals surface area (Å²) < 4.78 is 63.4. The molecule has 0 N–H and O–H groups in total. The predicted molar refractivity (Wildman–Crippen MR) is 116 cm³/mol. The number of rotatable bonds is 5. The number of hydrogen-bond donors (Lipinski definition) is 0. The van der Waals surface area contributed by atoms with Gasteiger partial charge in [0, 0.05) is 11.1 Å². The smallest absolute Gasteiger partial charge is 0.201 e. The zero-order chi connectivity index (χ0) is 22.0. The van der Waals surface area contributed by atoms with Crippen molar-refractivity contribution in [1.29, 1.82) is 0 Å². The summed E-state index contributed by atoms with van der Waals surface area (Å²) in [6.45, 7) is 0.0869. The van der Waals surface area contributed by atoms with E-state index in [2.05, 4.69) is 15.9 Å². The first-order chi connectivity index (χ1) is 14.9. The van der Waals surface area contributed by atoms with E-state index in [9.17, 15) is 17.6 Å². The summed E-state index contributed by atoms with van der Waals surface area (Å²) in [4.78, 5) is 0. The molecule has 0 aliphatic heterocycles. The highest BCUT2D eigenvalue weighted by Gasteiger charge is 2.17. The molecule has 0 saturated carbocycles. The first-order valence-corrected chi connectivity index (χ1v) is 10.1. The van der Waals surface area contributed by atoms with Crippen LogP contribution in [0.1, 0.15) is 5.56 Å². The van der Waals surface area contributed by atoms with E-state index in [4.69, 9.17) is 4.74 Å². The summed E-state index contributed by atoms with van der Waals surface area (Å²) in [5.41, 5.74) is 1.36. The lowest BCUT2D eigenvalue weighted by atomic mass is 9.99. The van der Waals surface area contributed by atoms with Crippen LogP contribution in [0.4, 0.5) is 17.6 Å². The van der Waals surface area contributed by atoms with E-state index in [1.807, 2.05) is 30.3 Å². The molecule has 0 spiro atoms. The minimum absolute atomic E-state index is 0.0869. The van der Waals surface area contributed by atoms with Gasteiger partial charge in [0.15, 0.2) is 11.6 Å². The Labute approximate surface area is 185 Å². The summed E-state index contributed by atoms with van der Waals surface area (Å²) in [7, 11) is 0. The molecule has 31 heavy (non-hydrogen) atoms. The first-order valence-electron chi connectivity index (χ1n) is 9.34. The largest absolute Gasteiger partial charge is 0.486 e. The lowest BCUT2D eigenvalue weighted by Gasteiger charge is -2.12. The third-order valence-corrected chi connectivity index (χ3v) is 5.44. The summed E-state index contributed by atoms with van der Waals surface area (Å²) in [6, 6.07) is 19.9. The normalized spacial score (nSPS) is 10.9. The number of benzene rings is 4. The van der Waals surface area contributed by atoms with Crippen LogP contribution in [0.5, 0.6) is 5.75 Å². The fraction of sp³-hybridized carbons (Fsp3) is 0.0400. The SMILES string of the molecule is Fc1cc(-c2ccc(-c3ccc(OCc4ccccc4)c(F)c3F)cc2F)ccc1Br. The zero-order valence-electron chi connectivity index (χ0n) is 16.0. The molecule has 0 bridgehead atoms. The molecule has 6 heteroatoms. The average molecular weight is 487 g/mol. The van der Waals surface area contributed by atoms with Crippen LogP contribution in [-0.4, -0.2) is 0 Å². The fourth-order valence-electron chi connectivity index (χ4n) is 3.18. The van der Waals surface area contributed by atoms with Crippen LogP contribution in [0.25, 0.3) is 22.3 Å². The van der Waals surface area contributed by atoms with Crippen LogP contribution in [0.2, 0.25) is 0 Å². The van der Waals surface area contributed by atoms with Crippen LogP contribution in [0.3, 0.4) is 0 Å². The van der Waals surface area contributed by atoms with Gasteiger partial charge in [-0.3, -0.25) is 0 Å². The van der Waals surface area contributed by atoms with Gasteiger partial charge in [0.1, 0.15) is 18.2 Å². The number of halogens is 5. The van der Waals surface area contributed by atoms with Crippen LogP contribution in [-0.2, 0) is 6.61 Å². The van der Waals surface area contributed by atoms with Gasteiger partial charge in [-0.1, -0.05) is 48.5 Å². The van der Waals surface area contributed by atoms with E-state index in [-0.39, 0.29) is 33.5 Å². The van der Waals surface area contributed by atoms with Crippen LogP contribution in [0, 0.1) is 23.3 Å². The second kappa shape index (κ2) is 8.94. The highest BCUT2D eigenvalue weighted by molar-refractivity contribution is 9.10. The highest BCUT2D eigenvalue weighted by atomic mass is 79.9. The van der Waals surface area contributed by atoms with Crippen molar-refractivity contribution in [2.75, 3.05) is 0 Å². The molecular weight excluding hydrogens is 472 g/mol. The predicted octanol–water partition coefficient (Wildman–Crippen LogP) is 7.92. The summed E-state index contributed by atoms with van der Waals surface area (Å²) in [6.07, 6.45) is 0. The van der Waals surface area contributed by atoms with Gasteiger partial charge < -0.3 is 4.74 Å². The molecule has 0 heterocycles. The number of ether oxygens (including phenoxy) is 1. The molecule has 0 fully saturated rings. The van der Waals surface area contributed by atoms with E-state index in [1.54, 1.807) is 6.07 Å². The van der Waals surface area contributed by atoms with Crippen molar-refractivity contribution in [3.05, 3.63) is 112 Å². The van der Waals surface area contributed by atoms with Crippen LogP contribution in [0.15, 0.2) is 83.3 Å². The van der Waals surface area contributed by atoms with Gasteiger partial charge in [-0.25, -0.2) is 13.2 Å². The van der Waals surface area contributed by atoms with Gasteiger partial charge >= 0.3 is 0 Å². The van der Waals surface area contributed by atoms with E-state index in [0.29, 0.717) is 5.56 Å². The Kier molecular flexibility index (Phi) is 6.09. The molecule has 4 aromatic carbocycles. The van der Waals surface area contributed by atoms with Crippen molar-refractivity contribution in [1.82, 2.24) is 0 Å². The first kappa shape index (κ1) is 21.1. The van der Waals surface area contributed by atoms with E-state index < -0.39 is 23.3 Å². The summed E-state index contributed by atoms with van der Waals surface area (Å²) in [5.74, 6) is -3.71. The Balaban J connectivity index is 1.61. The third-order valence-electron chi connectivity index (χ3n) is 4.79. The van der Waals surface area contributed by atoms with Crippen molar-refractivity contribution in [2.45, 2.75) is 6.61 Å². The maximum absolute atomic E-state index is 14.7. The minimum atomic E-state index is -1.15. The average Bonchev–Trinajstić information content (AvgIpc) is 2.77. The molecule has 4 aromatic rings. The van der Waals surface area contributed by atoms with Gasteiger partial charge in [0.2, 0.25) is 5.82 Å². The van der Waals surface area contributed by atoms with Crippen molar-refractivity contribution in [3.63, 3.8) is 0 Å². The Morgan fingerprint density at radius 2 is 1.29 bits per heavy atom. The molecule has 0 radical (unpaired) electrons. The van der Waals surface area contributed by atoms with Gasteiger partial charge in [0.25, 0.3) is 0 Å². The zero-order valence-corrected chi connectivity index (χ0v) is 17.6. The Hall–Kier alpha value is -3.12. The lowest BCUT2D eigenvalue weighted by Crippen LogP contribution is -2.00. The lowest BCUT2D eigenvalue weighted by molar-refractivity contribution is 0.285. The molecule has 0 aromatic heterocycles. The monoisotopic (exact) mass is 486 g/mol. The van der Waals surface area contributed by atoms with Gasteiger partial charge in [-0.2, -0.15) is 4.39 Å². The molecule has 0 atom stereocenters. The standard InChI is InChI=1S/C25H15BrF4O/c26-20-10-7-16(13-22(20)28)18-8-6-17(12-21(18)27)19-9-11-23(25(30)24(19)29)31-14-15-4-2-1-3-5-15/h1-13H,14H2. The van der Waals surface area contributed by atoms with Crippen molar-refractivity contribution < 1.29 is 22.3 Å². The summed E-state index contributed by atoms with van der Waals surface area (Å²) in [5, 5.41) is 0. The summed E-state index contributed by atoms with van der Waals surface area (Å²) >= 11 is 3.05. The van der Waals surface area contributed by atoms with Gasteiger partial charge in [0.05, 0.1) is 4.47 Å². The maximum atomic E-state index is 14.7. The molecule has 0 unspecified atom stereocenters. The fourth-order valence-corrected chi connectivity index (χ4v) is 3.43. The molecule has 4 rings (SSSR count). The molecule has 0 aliphatic carbocycles. The molecule has 156 valence electrons. The Morgan fingerprint density at radius 1 is 0.645 bits per heavy atom. The Morgan fingerprint density at radius 3 is 2.00 bits per heavy atom. The minimum Gasteiger partial charge on any atom is -0.486 e. The molecule has 0 saturated heterocycles. The van der Waals surface area contributed by atoms with Crippen molar-refractivity contribution in [2.24, 2.45) is 0 Å². The van der Waals surface area contributed by atoms with Crippen LogP contribution >= 0.6 is 15.9 Å². The Bertz CT molecular complexity index is 1240. The van der Waals surface area contributed by atoms with Crippen molar-refractivity contribution >= 4 is 15.9 Å². The second-order valence-electron chi connectivity index (χ2n) is 6.84. The van der Waals surface area contributed by atoms with E-state index in [0.717, 1.165) is 11.6 Å². The maximum Gasteiger partial charge on any atom is 0.201 e. The van der Waals surface area contributed by atoms with Gasteiger partial charge in [-0.15, -0.1) is 0 Å². The quantitative estimate of drug-likeness (QED) is 0.260. The molecular formula is C25H15BrF4O. The highest BCUT2D eigenvalue weighted by Crippen LogP contribution is 2.33. The third kappa shape index (κ3) is 4.49. The van der Waals surface area contributed by atoms with Gasteiger partial charge in [-0.05, 0) is 63.0 Å². The van der Waals surface area contributed by atoms with Crippen molar-refractivity contribution in [3.8, 4) is 28.0 Å². The second-order valence-corrected chi connectivity index (χ2v) is 7.69. The number of hydrogen-bond acceptors (Lipinski definition) is 1.